The van der Waals surface area contributed by atoms with Crippen LogP contribution >= 0.6 is 11.6 Å². The van der Waals surface area contributed by atoms with Crippen LogP contribution in [-0.2, 0) is 0 Å². The number of hydrogen-bond acceptors (Lipinski definition) is 3. The van der Waals surface area contributed by atoms with E-state index >= 15 is 0 Å². The van der Waals surface area contributed by atoms with Crippen molar-refractivity contribution in [2.75, 3.05) is 7.11 Å². The van der Waals surface area contributed by atoms with E-state index in [-0.39, 0.29) is 0 Å². The maximum Gasteiger partial charge on any atom is 0.169 e. The third-order valence-electron chi connectivity index (χ3n) is 2.35. The number of carbonyl (C=O) groups excluding carboxylic acids is 1. The summed E-state index contributed by atoms with van der Waals surface area (Å²) in [7, 11) is 1.52. The van der Waals surface area contributed by atoms with E-state index in [2.05, 4.69) is 0 Å². The molecule has 4 heteroatoms. The van der Waals surface area contributed by atoms with Crippen molar-refractivity contribution in [1.29, 1.82) is 0 Å². The van der Waals surface area contributed by atoms with Crippen LogP contribution in [0.2, 0.25) is 5.02 Å². The van der Waals surface area contributed by atoms with E-state index in [0.29, 0.717) is 27.8 Å². The van der Waals surface area contributed by atoms with Gasteiger partial charge in [-0.2, -0.15) is 0 Å². The van der Waals surface area contributed by atoms with Gasteiger partial charge in [0.05, 0.1) is 7.11 Å². The zero-order valence-electron chi connectivity index (χ0n) is 9.72. The Morgan fingerprint density at radius 2 is 1.94 bits per heavy atom. The first kappa shape index (κ1) is 12.5. The van der Waals surface area contributed by atoms with Crippen LogP contribution in [0.5, 0.6) is 17.2 Å². The Labute approximate surface area is 110 Å². The summed E-state index contributed by atoms with van der Waals surface area (Å²) in [5, 5.41) is 0.593. The van der Waals surface area contributed by atoms with E-state index < -0.39 is 0 Å². The van der Waals surface area contributed by atoms with Gasteiger partial charge in [-0.15, -0.1) is 0 Å². The second kappa shape index (κ2) is 5.56. The Morgan fingerprint density at radius 3 is 2.61 bits per heavy atom. The maximum atomic E-state index is 10.7. The summed E-state index contributed by atoms with van der Waals surface area (Å²) in [4.78, 5) is 10.7. The fourth-order valence-corrected chi connectivity index (χ4v) is 1.68. The van der Waals surface area contributed by atoms with E-state index in [1.54, 1.807) is 42.5 Å². The Hall–Kier alpha value is -2.00. The second-order valence-corrected chi connectivity index (χ2v) is 4.02. The molecule has 92 valence electrons. The van der Waals surface area contributed by atoms with Gasteiger partial charge in [0.25, 0.3) is 0 Å². The minimum Gasteiger partial charge on any atom is -0.493 e. The Morgan fingerprint density at radius 1 is 1.11 bits per heavy atom. The lowest BCUT2D eigenvalue weighted by Crippen LogP contribution is -1.92. The molecular weight excluding hydrogens is 252 g/mol. The van der Waals surface area contributed by atoms with Crippen molar-refractivity contribution in [2.24, 2.45) is 0 Å². The van der Waals surface area contributed by atoms with Crippen molar-refractivity contribution < 1.29 is 14.3 Å². The van der Waals surface area contributed by atoms with Crippen LogP contribution in [0.4, 0.5) is 0 Å². The van der Waals surface area contributed by atoms with E-state index in [0.717, 1.165) is 6.29 Å². The van der Waals surface area contributed by atoms with Crippen molar-refractivity contribution >= 4 is 17.9 Å². The highest BCUT2D eigenvalue weighted by molar-refractivity contribution is 6.30. The van der Waals surface area contributed by atoms with Crippen molar-refractivity contribution in [1.82, 2.24) is 0 Å². The van der Waals surface area contributed by atoms with Crippen molar-refractivity contribution in [2.45, 2.75) is 0 Å². The first-order chi connectivity index (χ1) is 8.72. The topological polar surface area (TPSA) is 35.5 Å². The molecule has 0 fully saturated rings. The summed E-state index contributed by atoms with van der Waals surface area (Å²) in [5.74, 6) is 1.64. The predicted molar refractivity (Wildman–Crippen MR) is 69.9 cm³/mol. The van der Waals surface area contributed by atoms with Gasteiger partial charge in [-0.05, 0) is 36.4 Å². The average molecular weight is 263 g/mol. The highest BCUT2D eigenvalue weighted by atomic mass is 35.5. The summed E-state index contributed by atoms with van der Waals surface area (Å²) < 4.78 is 10.8. The molecule has 0 amide bonds. The molecule has 0 aliphatic heterocycles. The van der Waals surface area contributed by atoms with Crippen LogP contribution in [-0.4, -0.2) is 13.4 Å². The monoisotopic (exact) mass is 262 g/mol. The SMILES string of the molecule is COc1cc(C=O)ccc1Oc1cccc(Cl)c1. The fourth-order valence-electron chi connectivity index (χ4n) is 1.50. The van der Waals surface area contributed by atoms with Crippen LogP contribution in [0, 0.1) is 0 Å². The molecule has 0 spiro atoms. The first-order valence-electron chi connectivity index (χ1n) is 5.29. The minimum atomic E-state index is 0.500. The molecule has 0 unspecified atom stereocenters. The van der Waals surface area contributed by atoms with Gasteiger partial charge in [0, 0.05) is 10.6 Å². The predicted octanol–water partition coefficient (Wildman–Crippen LogP) is 3.95. The Kier molecular flexibility index (Phi) is 3.85. The third-order valence-corrected chi connectivity index (χ3v) is 2.58. The van der Waals surface area contributed by atoms with Gasteiger partial charge in [0.15, 0.2) is 11.5 Å². The molecule has 0 N–H and O–H groups in total. The molecule has 0 heterocycles. The highest BCUT2D eigenvalue weighted by Gasteiger charge is 2.07. The van der Waals surface area contributed by atoms with Crippen molar-refractivity contribution in [3.05, 3.63) is 53.1 Å². The molecule has 3 nitrogen and oxygen atoms in total. The molecule has 2 aromatic rings. The zero-order valence-corrected chi connectivity index (χ0v) is 10.5. The summed E-state index contributed by atoms with van der Waals surface area (Å²) in [6.45, 7) is 0. The van der Waals surface area contributed by atoms with E-state index in [9.17, 15) is 4.79 Å². The number of carbonyl (C=O) groups is 1. The molecule has 0 aromatic heterocycles. The van der Waals surface area contributed by atoms with Crippen LogP contribution in [0.25, 0.3) is 0 Å². The minimum absolute atomic E-state index is 0.500. The quantitative estimate of drug-likeness (QED) is 0.783. The van der Waals surface area contributed by atoms with E-state index in [1.165, 1.54) is 7.11 Å². The van der Waals surface area contributed by atoms with Gasteiger partial charge < -0.3 is 9.47 Å². The molecule has 0 saturated carbocycles. The number of aldehydes is 1. The highest BCUT2D eigenvalue weighted by Crippen LogP contribution is 2.32. The van der Waals surface area contributed by atoms with Crippen molar-refractivity contribution in [3.8, 4) is 17.2 Å². The fraction of sp³-hybridized carbons (Fsp3) is 0.0714. The lowest BCUT2D eigenvalue weighted by molar-refractivity contribution is 0.112. The average Bonchev–Trinajstić information content (AvgIpc) is 2.39. The van der Waals surface area contributed by atoms with E-state index in [1.807, 2.05) is 0 Å². The van der Waals surface area contributed by atoms with Gasteiger partial charge in [-0.3, -0.25) is 4.79 Å². The molecule has 0 saturated heterocycles. The van der Waals surface area contributed by atoms with Gasteiger partial charge in [-0.1, -0.05) is 17.7 Å². The number of rotatable bonds is 4. The molecule has 0 radical (unpaired) electrons. The maximum absolute atomic E-state index is 10.7. The second-order valence-electron chi connectivity index (χ2n) is 3.59. The van der Waals surface area contributed by atoms with Gasteiger partial charge in [0.1, 0.15) is 12.0 Å². The lowest BCUT2D eigenvalue weighted by atomic mass is 10.2. The van der Waals surface area contributed by atoms with Crippen molar-refractivity contribution in [3.63, 3.8) is 0 Å². The number of hydrogen-bond donors (Lipinski definition) is 0. The molecule has 2 rings (SSSR count). The van der Waals surface area contributed by atoms with Crippen LogP contribution in [0.3, 0.4) is 0 Å². The molecule has 0 aliphatic rings. The van der Waals surface area contributed by atoms with Gasteiger partial charge >= 0.3 is 0 Å². The lowest BCUT2D eigenvalue weighted by Gasteiger charge is -2.10. The number of halogens is 1. The molecule has 18 heavy (non-hydrogen) atoms. The molecule has 0 atom stereocenters. The largest absolute Gasteiger partial charge is 0.493 e. The van der Waals surface area contributed by atoms with Crippen LogP contribution in [0.1, 0.15) is 10.4 Å². The number of benzene rings is 2. The molecular formula is C14H11ClO3. The first-order valence-corrected chi connectivity index (χ1v) is 5.67. The normalized spacial score (nSPS) is 9.89. The number of ether oxygens (including phenoxy) is 2. The zero-order chi connectivity index (χ0) is 13.0. The molecule has 2 aromatic carbocycles. The van der Waals surface area contributed by atoms with Crippen LogP contribution < -0.4 is 9.47 Å². The van der Waals surface area contributed by atoms with E-state index in [4.69, 9.17) is 21.1 Å². The van der Waals surface area contributed by atoms with Gasteiger partial charge in [-0.25, -0.2) is 0 Å². The summed E-state index contributed by atoms with van der Waals surface area (Å²) >= 11 is 5.87. The summed E-state index contributed by atoms with van der Waals surface area (Å²) in [6.07, 6.45) is 0.756. The molecule has 0 bridgehead atoms. The summed E-state index contributed by atoms with van der Waals surface area (Å²) in [6, 6.07) is 12.0. The molecule has 0 aliphatic carbocycles. The Balaban J connectivity index is 2.31. The van der Waals surface area contributed by atoms with Crippen LogP contribution in [0.15, 0.2) is 42.5 Å². The third kappa shape index (κ3) is 2.81. The number of methoxy groups -OCH3 is 1. The smallest absolute Gasteiger partial charge is 0.169 e. The van der Waals surface area contributed by atoms with Gasteiger partial charge in [0.2, 0.25) is 0 Å². The Bertz CT molecular complexity index is 567. The standard InChI is InChI=1S/C14H11ClO3/c1-17-14-7-10(9-16)5-6-13(14)18-12-4-2-3-11(15)8-12/h2-9H,1H3. The summed E-state index contributed by atoms with van der Waals surface area (Å²) in [5.41, 5.74) is 0.533.